The van der Waals surface area contributed by atoms with E-state index in [0.717, 1.165) is 17.7 Å². The highest BCUT2D eigenvalue weighted by molar-refractivity contribution is 6.33. The third kappa shape index (κ3) is 3.93. The smallest absolute Gasteiger partial charge is 0.253 e. The van der Waals surface area contributed by atoms with Crippen molar-refractivity contribution in [2.75, 3.05) is 7.11 Å². The number of aryl methyl sites for hydroxylation is 1. The molecule has 0 radical (unpaired) electrons. The van der Waals surface area contributed by atoms with Crippen LogP contribution in [0.4, 0.5) is 8.78 Å². The van der Waals surface area contributed by atoms with Gasteiger partial charge in [-0.25, -0.2) is 13.8 Å². The molecule has 2 aromatic carbocycles. The number of benzene rings is 2. The number of nitrogens with one attached hydrogen (secondary N) is 1. The molecule has 0 spiro atoms. The van der Waals surface area contributed by atoms with E-state index in [1.54, 1.807) is 55.4 Å². The van der Waals surface area contributed by atoms with E-state index >= 15 is 0 Å². The lowest BCUT2D eigenvalue weighted by molar-refractivity contribution is 0.0940. The van der Waals surface area contributed by atoms with E-state index in [-0.39, 0.29) is 10.6 Å². The normalized spacial score (nSPS) is 11.9. The van der Waals surface area contributed by atoms with Gasteiger partial charge in [0.05, 0.1) is 17.7 Å². The predicted molar refractivity (Wildman–Crippen MR) is 96.9 cm³/mol. The van der Waals surface area contributed by atoms with Crippen LogP contribution in [0.3, 0.4) is 0 Å². The third-order valence-corrected chi connectivity index (χ3v) is 4.41. The van der Waals surface area contributed by atoms with Crippen molar-refractivity contribution in [1.29, 1.82) is 0 Å². The van der Waals surface area contributed by atoms with Gasteiger partial charge >= 0.3 is 0 Å². The summed E-state index contributed by atoms with van der Waals surface area (Å²) < 4.78 is 33.7. The number of carbonyl (C=O) groups excluding carboxylic acids is 1. The van der Waals surface area contributed by atoms with E-state index in [0.29, 0.717) is 11.6 Å². The van der Waals surface area contributed by atoms with Crippen LogP contribution in [0.25, 0.3) is 0 Å². The maximum Gasteiger partial charge on any atom is 0.253 e. The van der Waals surface area contributed by atoms with Gasteiger partial charge in [0.15, 0.2) is 11.6 Å². The van der Waals surface area contributed by atoms with Gasteiger partial charge in [0.2, 0.25) is 0 Å². The van der Waals surface area contributed by atoms with Crippen LogP contribution in [0.5, 0.6) is 5.75 Å². The van der Waals surface area contributed by atoms with Crippen LogP contribution >= 0.6 is 11.6 Å². The van der Waals surface area contributed by atoms with Gasteiger partial charge in [-0.3, -0.25) is 4.79 Å². The SMILES string of the molecule is COc1ccc([C@@H](NC(=O)c2cc(F)c(F)cc2Cl)c2nccn2C)cc1. The fourth-order valence-electron chi connectivity index (χ4n) is 2.65. The summed E-state index contributed by atoms with van der Waals surface area (Å²) in [6.07, 6.45) is 3.34. The summed E-state index contributed by atoms with van der Waals surface area (Å²) in [6, 6.07) is 7.99. The first kappa shape index (κ1) is 18.8. The highest BCUT2D eigenvalue weighted by Crippen LogP contribution is 2.25. The Morgan fingerprint density at radius 1 is 1.22 bits per heavy atom. The quantitative estimate of drug-likeness (QED) is 0.671. The van der Waals surface area contributed by atoms with Crippen LogP contribution in [0.1, 0.15) is 27.8 Å². The fourth-order valence-corrected chi connectivity index (χ4v) is 2.89. The van der Waals surface area contributed by atoms with Crippen LogP contribution in [0.15, 0.2) is 48.8 Å². The molecule has 3 rings (SSSR count). The molecule has 140 valence electrons. The van der Waals surface area contributed by atoms with E-state index in [2.05, 4.69) is 10.3 Å². The number of carbonyl (C=O) groups is 1. The van der Waals surface area contributed by atoms with Crippen molar-refractivity contribution in [3.63, 3.8) is 0 Å². The first-order chi connectivity index (χ1) is 12.9. The van der Waals surface area contributed by atoms with E-state index in [4.69, 9.17) is 16.3 Å². The van der Waals surface area contributed by atoms with Gasteiger partial charge in [-0.1, -0.05) is 23.7 Å². The topological polar surface area (TPSA) is 56.1 Å². The van der Waals surface area contributed by atoms with Crippen LogP contribution in [0.2, 0.25) is 5.02 Å². The Morgan fingerprint density at radius 2 is 1.89 bits per heavy atom. The predicted octanol–water partition coefficient (Wildman–Crippen LogP) is 3.88. The van der Waals surface area contributed by atoms with E-state index in [1.807, 2.05) is 0 Å². The molecule has 1 amide bonds. The molecule has 0 aliphatic rings. The Balaban J connectivity index is 1.97. The lowest BCUT2D eigenvalue weighted by Crippen LogP contribution is -2.31. The molecule has 5 nitrogen and oxygen atoms in total. The number of imidazole rings is 1. The largest absolute Gasteiger partial charge is 0.497 e. The standard InChI is InChI=1S/C19H16ClF2N3O2/c1-25-8-7-23-18(25)17(11-3-5-12(27-2)6-4-11)24-19(26)13-9-15(21)16(22)10-14(13)20/h3-10,17H,1-2H3,(H,24,26)/t17-/m1/s1. The third-order valence-electron chi connectivity index (χ3n) is 4.10. The number of hydrogen-bond acceptors (Lipinski definition) is 3. The van der Waals surface area contributed by atoms with Crippen molar-refractivity contribution in [2.24, 2.45) is 7.05 Å². The maximum atomic E-state index is 13.6. The highest BCUT2D eigenvalue weighted by Gasteiger charge is 2.23. The molecule has 1 heterocycles. The Hall–Kier alpha value is -2.93. The Morgan fingerprint density at radius 3 is 2.48 bits per heavy atom. The van der Waals surface area contributed by atoms with E-state index < -0.39 is 23.6 Å². The number of amides is 1. The maximum absolute atomic E-state index is 13.6. The zero-order valence-corrected chi connectivity index (χ0v) is 15.3. The number of hydrogen-bond donors (Lipinski definition) is 1. The van der Waals surface area contributed by atoms with Gasteiger partial charge in [-0.2, -0.15) is 0 Å². The first-order valence-corrected chi connectivity index (χ1v) is 8.35. The number of halogens is 3. The fraction of sp³-hybridized carbons (Fsp3) is 0.158. The highest BCUT2D eigenvalue weighted by atomic mass is 35.5. The molecule has 0 saturated heterocycles. The Bertz CT molecular complexity index is 974. The molecular weight excluding hydrogens is 376 g/mol. The molecule has 0 fully saturated rings. The van der Waals surface area contributed by atoms with Crippen molar-refractivity contribution >= 4 is 17.5 Å². The summed E-state index contributed by atoms with van der Waals surface area (Å²) in [7, 11) is 3.34. The number of methoxy groups -OCH3 is 1. The summed E-state index contributed by atoms with van der Waals surface area (Å²) in [4.78, 5) is 17.0. The molecule has 1 aromatic heterocycles. The van der Waals surface area contributed by atoms with Crippen molar-refractivity contribution in [1.82, 2.24) is 14.9 Å². The van der Waals surface area contributed by atoms with Crippen LogP contribution in [-0.2, 0) is 7.05 Å². The van der Waals surface area contributed by atoms with Gasteiger partial charge in [-0.05, 0) is 29.8 Å². The molecule has 0 bridgehead atoms. The molecule has 3 aromatic rings. The number of ether oxygens (including phenoxy) is 1. The van der Waals surface area contributed by atoms with Crippen molar-refractivity contribution in [3.05, 3.63) is 82.4 Å². The minimum atomic E-state index is -1.15. The second-order valence-electron chi connectivity index (χ2n) is 5.82. The average Bonchev–Trinajstić information content (AvgIpc) is 3.08. The monoisotopic (exact) mass is 391 g/mol. The number of rotatable bonds is 5. The molecule has 1 atom stereocenters. The van der Waals surface area contributed by atoms with Crippen LogP contribution in [-0.4, -0.2) is 22.6 Å². The van der Waals surface area contributed by atoms with Crippen LogP contribution in [0, 0.1) is 11.6 Å². The lowest BCUT2D eigenvalue weighted by Gasteiger charge is -2.20. The minimum absolute atomic E-state index is 0.164. The molecule has 8 heteroatoms. The van der Waals surface area contributed by atoms with Crippen LogP contribution < -0.4 is 10.1 Å². The Kier molecular flexibility index (Phi) is 5.41. The number of nitrogens with zero attached hydrogens (tertiary/aromatic N) is 2. The average molecular weight is 392 g/mol. The summed E-state index contributed by atoms with van der Waals surface area (Å²) in [6.45, 7) is 0. The molecule has 0 saturated carbocycles. The van der Waals surface area contributed by atoms with Gasteiger partial charge < -0.3 is 14.6 Å². The van der Waals surface area contributed by atoms with Gasteiger partial charge in [0, 0.05) is 19.4 Å². The van der Waals surface area contributed by atoms with Crippen molar-refractivity contribution in [3.8, 4) is 5.75 Å². The second-order valence-corrected chi connectivity index (χ2v) is 6.23. The zero-order valence-electron chi connectivity index (χ0n) is 14.5. The Labute approximate surface area is 159 Å². The van der Waals surface area contributed by atoms with E-state index in [1.165, 1.54) is 0 Å². The van der Waals surface area contributed by atoms with Crippen molar-refractivity contribution < 1.29 is 18.3 Å². The second kappa shape index (κ2) is 7.75. The molecule has 1 N–H and O–H groups in total. The molecule has 27 heavy (non-hydrogen) atoms. The zero-order chi connectivity index (χ0) is 19.6. The van der Waals surface area contributed by atoms with Gasteiger partial charge in [0.1, 0.15) is 17.6 Å². The lowest BCUT2D eigenvalue weighted by atomic mass is 10.0. The van der Waals surface area contributed by atoms with Gasteiger partial charge in [0.25, 0.3) is 5.91 Å². The molecule has 0 aliphatic heterocycles. The van der Waals surface area contributed by atoms with E-state index in [9.17, 15) is 13.6 Å². The number of aromatic nitrogens is 2. The first-order valence-electron chi connectivity index (χ1n) is 7.97. The summed E-state index contributed by atoms with van der Waals surface area (Å²) in [5.41, 5.74) is 0.570. The summed E-state index contributed by atoms with van der Waals surface area (Å²) in [5.74, 6) is -1.70. The summed E-state index contributed by atoms with van der Waals surface area (Å²) >= 11 is 5.92. The van der Waals surface area contributed by atoms with Gasteiger partial charge in [-0.15, -0.1) is 0 Å². The molecule has 0 unspecified atom stereocenters. The molecular formula is C19H16ClF2N3O2. The van der Waals surface area contributed by atoms with Crippen molar-refractivity contribution in [2.45, 2.75) is 6.04 Å². The molecule has 0 aliphatic carbocycles. The minimum Gasteiger partial charge on any atom is -0.497 e. The summed E-state index contributed by atoms with van der Waals surface area (Å²) in [5, 5.41) is 2.60.